The van der Waals surface area contributed by atoms with Gasteiger partial charge in [0.1, 0.15) is 0 Å². The number of benzene rings is 1. The fourth-order valence-corrected chi connectivity index (χ4v) is 2.27. The summed E-state index contributed by atoms with van der Waals surface area (Å²) in [7, 11) is 0. The van der Waals surface area contributed by atoms with Gasteiger partial charge in [-0.25, -0.2) is 0 Å². The summed E-state index contributed by atoms with van der Waals surface area (Å²) in [6.45, 7) is 0.495. The molecule has 21 heavy (non-hydrogen) atoms. The molecule has 1 fully saturated rings. The lowest BCUT2D eigenvalue weighted by molar-refractivity contribution is -0.125. The van der Waals surface area contributed by atoms with Gasteiger partial charge >= 0.3 is 0 Å². The molecule has 0 spiro atoms. The fraction of sp³-hybridized carbons (Fsp3) is 0.400. The average molecular weight is 289 g/mol. The van der Waals surface area contributed by atoms with Crippen molar-refractivity contribution in [1.82, 2.24) is 5.32 Å². The monoisotopic (exact) mass is 289 g/mol. The minimum atomic E-state index is -0.289. The number of amides is 3. The number of imide groups is 1. The first-order valence-corrected chi connectivity index (χ1v) is 7.01. The fourth-order valence-electron chi connectivity index (χ4n) is 2.27. The topological polar surface area (TPSA) is 101 Å². The van der Waals surface area contributed by atoms with Crippen molar-refractivity contribution in [1.29, 1.82) is 0 Å². The number of carbonyl (C=O) groups excluding carboxylic acids is 3. The molecule has 6 nitrogen and oxygen atoms in total. The van der Waals surface area contributed by atoms with Gasteiger partial charge in [0.05, 0.1) is 5.92 Å². The summed E-state index contributed by atoms with van der Waals surface area (Å²) in [5, 5.41) is 5.08. The summed E-state index contributed by atoms with van der Waals surface area (Å²) in [5.74, 6) is -0.774. The van der Waals surface area contributed by atoms with Crippen LogP contribution in [0.5, 0.6) is 0 Å². The number of nitrogens with two attached hydrogens (primary N) is 1. The van der Waals surface area contributed by atoms with E-state index in [1.165, 1.54) is 0 Å². The van der Waals surface area contributed by atoms with Crippen molar-refractivity contribution in [2.24, 2.45) is 11.7 Å². The molecule has 2 rings (SSSR count). The van der Waals surface area contributed by atoms with Crippen molar-refractivity contribution in [3.8, 4) is 0 Å². The van der Waals surface area contributed by atoms with Gasteiger partial charge in [-0.15, -0.1) is 0 Å². The Morgan fingerprint density at radius 2 is 2.00 bits per heavy atom. The van der Waals surface area contributed by atoms with Gasteiger partial charge in [-0.1, -0.05) is 12.1 Å². The third-order valence-corrected chi connectivity index (χ3v) is 3.39. The molecule has 4 N–H and O–H groups in total. The highest BCUT2D eigenvalue weighted by Gasteiger charge is 2.30. The first kappa shape index (κ1) is 15.2. The molecule has 1 atom stereocenters. The van der Waals surface area contributed by atoms with E-state index in [-0.39, 0.29) is 30.1 Å². The summed E-state index contributed by atoms with van der Waals surface area (Å²) < 4.78 is 0. The van der Waals surface area contributed by atoms with Crippen LogP contribution in [0.25, 0.3) is 0 Å². The van der Waals surface area contributed by atoms with Crippen molar-refractivity contribution in [3.05, 3.63) is 29.8 Å². The Bertz CT molecular complexity index is 540. The maximum absolute atomic E-state index is 11.6. The summed E-state index contributed by atoms with van der Waals surface area (Å²) in [6.07, 6.45) is 1.84. The summed E-state index contributed by atoms with van der Waals surface area (Å²) >= 11 is 0. The molecular weight excluding hydrogens is 270 g/mol. The molecule has 0 saturated carbocycles. The number of carbonyl (C=O) groups is 3. The second-order valence-corrected chi connectivity index (χ2v) is 5.15. The highest BCUT2D eigenvalue weighted by atomic mass is 16.2. The zero-order valence-electron chi connectivity index (χ0n) is 11.7. The van der Waals surface area contributed by atoms with E-state index in [0.29, 0.717) is 31.5 Å². The first-order valence-electron chi connectivity index (χ1n) is 7.01. The van der Waals surface area contributed by atoms with Gasteiger partial charge in [0, 0.05) is 18.5 Å². The van der Waals surface area contributed by atoms with E-state index in [1.807, 2.05) is 12.1 Å². The zero-order valence-corrected chi connectivity index (χ0v) is 11.7. The Morgan fingerprint density at radius 3 is 2.57 bits per heavy atom. The molecule has 1 aliphatic rings. The van der Waals surface area contributed by atoms with Crippen LogP contribution in [0.1, 0.15) is 24.8 Å². The Morgan fingerprint density at radius 1 is 1.29 bits per heavy atom. The van der Waals surface area contributed by atoms with Gasteiger partial charge < -0.3 is 11.1 Å². The van der Waals surface area contributed by atoms with E-state index in [9.17, 15) is 14.4 Å². The molecule has 0 radical (unpaired) electrons. The molecule has 0 aliphatic carbocycles. The highest BCUT2D eigenvalue weighted by molar-refractivity contribution is 6.03. The molecule has 0 aromatic heterocycles. The summed E-state index contributed by atoms with van der Waals surface area (Å²) in [5.41, 5.74) is 7.03. The van der Waals surface area contributed by atoms with Crippen molar-refractivity contribution >= 4 is 23.4 Å². The Labute approximate surface area is 123 Å². The molecule has 6 heteroatoms. The molecule has 1 heterocycles. The third-order valence-electron chi connectivity index (χ3n) is 3.39. The number of nitrogens with one attached hydrogen (secondary N) is 2. The lowest BCUT2D eigenvalue weighted by atomic mass is 9.98. The van der Waals surface area contributed by atoms with Crippen LogP contribution >= 0.6 is 0 Å². The number of rotatable bonds is 6. The molecule has 0 bridgehead atoms. The van der Waals surface area contributed by atoms with Gasteiger partial charge in [0.25, 0.3) is 0 Å². The van der Waals surface area contributed by atoms with Crippen LogP contribution < -0.4 is 16.4 Å². The van der Waals surface area contributed by atoms with Gasteiger partial charge in [0.2, 0.25) is 17.7 Å². The second-order valence-electron chi connectivity index (χ2n) is 5.15. The van der Waals surface area contributed by atoms with Crippen molar-refractivity contribution < 1.29 is 14.4 Å². The van der Waals surface area contributed by atoms with Gasteiger partial charge in [-0.05, 0) is 37.1 Å². The molecular formula is C15H19N3O3. The molecule has 1 unspecified atom stereocenters. The standard InChI is InChI=1S/C15H19N3O3/c16-7-1-2-13(19)17-12-5-3-10(4-6-12)8-11-9-14(20)18-15(11)21/h3-6,11H,1-2,7-9,16H2,(H,17,19)(H,18,20,21). The highest BCUT2D eigenvalue weighted by Crippen LogP contribution is 2.19. The molecule has 3 amide bonds. The maximum atomic E-state index is 11.6. The number of anilines is 1. The lowest BCUT2D eigenvalue weighted by Crippen LogP contribution is -2.22. The van der Waals surface area contributed by atoms with Crippen LogP contribution in [0.15, 0.2) is 24.3 Å². The minimum Gasteiger partial charge on any atom is -0.330 e. The van der Waals surface area contributed by atoms with Crippen molar-refractivity contribution in [3.63, 3.8) is 0 Å². The average Bonchev–Trinajstić information content (AvgIpc) is 2.77. The van der Waals surface area contributed by atoms with Crippen LogP contribution in [-0.4, -0.2) is 24.3 Å². The lowest BCUT2D eigenvalue weighted by Gasteiger charge is -2.08. The second kappa shape index (κ2) is 6.99. The van der Waals surface area contributed by atoms with E-state index in [4.69, 9.17) is 5.73 Å². The first-order chi connectivity index (χ1) is 10.1. The van der Waals surface area contributed by atoms with E-state index < -0.39 is 0 Å². The molecule has 112 valence electrons. The predicted molar refractivity (Wildman–Crippen MR) is 78.3 cm³/mol. The smallest absolute Gasteiger partial charge is 0.230 e. The Balaban J connectivity index is 1.88. The van der Waals surface area contributed by atoms with Gasteiger partial charge in [-0.3, -0.25) is 19.7 Å². The van der Waals surface area contributed by atoms with E-state index in [0.717, 1.165) is 5.56 Å². The van der Waals surface area contributed by atoms with Crippen LogP contribution in [0.2, 0.25) is 0 Å². The minimum absolute atomic E-state index is 0.0611. The molecule has 1 aromatic carbocycles. The normalized spacial score (nSPS) is 17.7. The van der Waals surface area contributed by atoms with Gasteiger partial charge in [0.15, 0.2) is 0 Å². The third kappa shape index (κ3) is 4.39. The summed E-state index contributed by atoms with van der Waals surface area (Å²) in [4.78, 5) is 34.2. The van der Waals surface area contributed by atoms with E-state index in [1.54, 1.807) is 12.1 Å². The largest absolute Gasteiger partial charge is 0.330 e. The van der Waals surface area contributed by atoms with E-state index in [2.05, 4.69) is 10.6 Å². The van der Waals surface area contributed by atoms with Crippen LogP contribution in [0, 0.1) is 5.92 Å². The SMILES string of the molecule is NCCCC(=O)Nc1ccc(CC2CC(=O)NC2=O)cc1. The van der Waals surface area contributed by atoms with E-state index >= 15 is 0 Å². The molecule has 1 saturated heterocycles. The summed E-state index contributed by atoms with van der Waals surface area (Å²) in [6, 6.07) is 7.30. The van der Waals surface area contributed by atoms with Crippen molar-refractivity contribution in [2.75, 3.05) is 11.9 Å². The number of hydrogen-bond acceptors (Lipinski definition) is 4. The quantitative estimate of drug-likeness (QED) is 0.666. The van der Waals surface area contributed by atoms with Crippen LogP contribution in [0.4, 0.5) is 5.69 Å². The van der Waals surface area contributed by atoms with Gasteiger partial charge in [-0.2, -0.15) is 0 Å². The van der Waals surface area contributed by atoms with Crippen LogP contribution in [-0.2, 0) is 20.8 Å². The number of hydrogen-bond donors (Lipinski definition) is 3. The Hall–Kier alpha value is -2.21. The van der Waals surface area contributed by atoms with Crippen molar-refractivity contribution in [2.45, 2.75) is 25.7 Å². The van der Waals surface area contributed by atoms with Crippen LogP contribution in [0.3, 0.4) is 0 Å². The Kier molecular flexibility index (Phi) is 5.05. The predicted octanol–water partition coefficient (Wildman–Crippen LogP) is 0.569. The zero-order chi connectivity index (χ0) is 15.2. The maximum Gasteiger partial charge on any atom is 0.230 e. The molecule has 1 aliphatic heterocycles. The molecule has 1 aromatic rings.